The van der Waals surface area contributed by atoms with Crippen molar-refractivity contribution in [2.75, 3.05) is 19.8 Å². The number of urea groups is 1. The molecule has 13 nitrogen and oxygen atoms in total. The predicted octanol–water partition coefficient (Wildman–Crippen LogP) is 2.36. The van der Waals surface area contributed by atoms with Crippen LogP contribution in [0.5, 0.6) is 0 Å². The number of carbonyl (C=O) groups excluding carboxylic acids is 6. The summed E-state index contributed by atoms with van der Waals surface area (Å²) < 4.78 is 10.3. The molecule has 0 radical (unpaired) electrons. The average molecular weight is 636 g/mol. The third-order valence-corrected chi connectivity index (χ3v) is 9.33. The highest BCUT2D eigenvalue weighted by atomic mass is 16.7. The molecule has 2 saturated carbocycles. The highest BCUT2D eigenvalue weighted by Gasteiger charge is 2.70. The number of nitrogens with one attached hydrogen (secondary N) is 3. The van der Waals surface area contributed by atoms with Crippen LogP contribution in [0.2, 0.25) is 0 Å². The molecule has 3 aliphatic rings. The lowest BCUT2D eigenvalue weighted by molar-refractivity contribution is -0.145. The van der Waals surface area contributed by atoms with Gasteiger partial charge in [-0.2, -0.15) is 0 Å². The Balaban J connectivity index is 1.74. The molecule has 13 heteroatoms. The monoisotopic (exact) mass is 635 g/mol. The molecule has 5 N–H and O–H groups in total. The number of fused-ring (bicyclic) bond motifs is 1. The molecule has 0 spiro atoms. The van der Waals surface area contributed by atoms with Gasteiger partial charge in [-0.05, 0) is 46.8 Å². The Bertz CT molecular complexity index is 1160. The molecule has 1 saturated heterocycles. The zero-order chi connectivity index (χ0) is 34.0. The van der Waals surface area contributed by atoms with Crippen LogP contribution in [0.3, 0.4) is 0 Å². The topological polar surface area (TPSA) is 186 Å². The number of hydrogen-bond acceptors (Lipinski definition) is 8. The second kappa shape index (κ2) is 13.9. The van der Waals surface area contributed by atoms with E-state index in [1.807, 2.05) is 62.3 Å². The summed E-state index contributed by atoms with van der Waals surface area (Å²) in [5, 5.41) is 8.37. The number of hydrogen-bond donors (Lipinski definition) is 4. The van der Waals surface area contributed by atoms with Gasteiger partial charge in [0.2, 0.25) is 17.6 Å². The van der Waals surface area contributed by atoms with Gasteiger partial charge in [0, 0.05) is 6.54 Å². The van der Waals surface area contributed by atoms with E-state index < -0.39 is 65.3 Å². The zero-order valence-electron chi connectivity index (χ0n) is 28.2. The molecule has 0 aromatic carbocycles. The Morgan fingerprint density at radius 2 is 1.53 bits per heavy atom. The van der Waals surface area contributed by atoms with E-state index in [2.05, 4.69) is 16.0 Å². The maximum atomic E-state index is 14.2. The normalized spacial score (nSPS) is 23.8. The van der Waals surface area contributed by atoms with Gasteiger partial charge in [-0.1, -0.05) is 75.2 Å². The van der Waals surface area contributed by atoms with Crippen LogP contribution >= 0.6 is 0 Å². The van der Waals surface area contributed by atoms with Crippen molar-refractivity contribution in [1.29, 1.82) is 0 Å². The number of carbonyl (C=O) groups is 6. The SMILES string of the molecule is CC(C)COC(=O)OC[C@@H](NC(=O)N[C@H](C(=O)N1C[C@H]2[C@@H]([C@H]1C(=O)NC(CC1CC1)C(=O)C(N)=O)C2(C)C)C(C)(C)C)C(C)C. The van der Waals surface area contributed by atoms with Crippen LogP contribution in [-0.4, -0.2) is 84.5 Å². The summed E-state index contributed by atoms with van der Waals surface area (Å²) in [4.78, 5) is 79.0. The van der Waals surface area contributed by atoms with Crippen molar-refractivity contribution in [3.8, 4) is 0 Å². The molecule has 1 heterocycles. The fourth-order valence-corrected chi connectivity index (χ4v) is 6.15. The van der Waals surface area contributed by atoms with Crippen LogP contribution in [-0.2, 0) is 28.7 Å². The first-order valence-corrected chi connectivity index (χ1v) is 16.1. The molecule has 5 amide bonds. The third-order valence-electron chi connectivity index (χ3n) is 9.33. The van der Waals surface area contributed by atoms with Crippen molar-refractivity contribution < 1.29 is 38.2 Å². The Labute approximate surface area is 266 Å². The summed E-state index contributed by atoms with van der Waals surface area (Å²) in [7, 11) is 0. The van der Waals surface area contributed by atoms with Gasteiger partial charge < -0.3 is 36.1 Å². The Morgan fingerprint density at radius 1 is 0.933 bits per heavy atom. The van der Waals surface area contributed by atoms with E-state index >= 15 is 0 Å². The summed E-state index contributed by atoms with van der Waals surface area (Å²) in [5.74, 6) is -2.66. The lowest BCUT2D eigenvalue weighted by Crippen LogP contribution is -2.62. The Morgan fingerprint density at radius 3 is 2.04 bits per heavy atom. The van der Waals surface area contributed by atoms with Crippen molar-refractivity contribution in [3.63, 3.8) is 0 Å². The number of ether oxygens (including phenoxy) is 2. The first-order chi connectivity index (χ1) is 20.7. The summed E-state index contributed by atoms with van der Waals surface area (Å²) in [6, 6.07) is -4.10. The van der Waals surface area contributed by atoms with Crippen molar-refractivity contribution >= 4 is 35.7 Å². The van der Waals surface area contributed by atoms with Gasteiger partial charge in [-0.3, -0.25) is 19.2 Å². The average Bonchev–Trinajstić information content (AvgIpc) is 3.78. The highest BCUT2D eigenvalue weighted by molar-refractivity contribution is 6.37. The number of piperidine rings is 1. The molecule has 45 heavy (non-hydrogen) atoms. The number of nitrogens with zero attached hydrogens (tertiary/aromatic N) is 1. The molecule has 0 aromatic heterocycles. The van der Waals surface area contributed by atoms with Crippen molar-refractivity contribution in [3.05, 3.63) is 0 Å². The van der Waals surface area contributed by atoms with Gasteiger partial charge in [0.15, 0.2) is 0 Å². The summed E-state index contributed by atoms with van der Waals surface area (Å²) in [6.45, 7) is 17.5. The summed E-state index contributed by atoms with van der Waals surface area (Å²) in [6.07, 6.45) is 1.33. The quantitative estimate of drug-likeness (QED) is 0.165. The van der Waals surface area contributed by atoms with Crippen LogP contribution in [0.15, 0.2) is 0 Å². The van der Waals surface area contributed by atoms with Crippen molar-refractivity contribution in [1.82, 2.24) is 20.9 Å². The van der Waals surface area contributed by atoms with Gasteiger partial charge in [0.25, 0.3) is 5.91 Å². The van der Waals surface area contributed by atoms with Gasteiger partial charge in [0.05, 0.1) is 18.7 Å². The number of primary amides is 1. The van der Waals surface area contributed by atoms with Gasteiger partial charge in [0.1, 0.15) is 18.7 Å². The number of rotatable bonds is 14. The molecule has 1 unspecified atom stereocenters. The van der Waals surface area contributed by atoms with Crippen LogP contribution in [0.1, 0.15) is 81.6 Å². The van der Waals surface area contributed by atoms with Crippen LogP contribution < -0.4 is 21.7 Å². The first-order valence-electron chi connectivity index (χ1n) is 16.1. The van der Waals surface area contributed by atoms with E-state index in [1.165, 1.54) is 4.90 Å². The predicted molar refractivity (Wildman–Crippen MR) is 165 cm³/mol. The molecule has 0 bridgehead atoms. The van der Waals surface area contributed by atoms with E-state index in [0.29, 0.717) is 13.0 Å². The maximum absolute atomic E-state index is 14.2. The maximum Gasteiger partial charge on any atom is 0.508 e. The standard InChI is InChI=1S/C32H53N5O8/c1-16(2)14-44-30(43)45-15-21(17(3)4)35-29(42)36-25(31(5,6)7)28(41)37-13-19-22(32(19,8)9)23(37)27(40)34-20(12-18-10-11-18)24(38)26(33)39/h16-23,25H,10-15H2,1-9H3,(H2,33,39)(H,34,40)(H2,35,36,42)/t19-,20?,21+,22-,23-,25+/m0/s1. The summed E-state index contributed by atoms with van der Waals surface area (Å²) in [5.41, 5.74) is 4.35. The molecule has 3 rings (SSSR count). The van der Waals surface area contributed by atoms with E-state index in [1.54, 1.807) is 0 Å². The largest absolute Gasteiger partial charge is 0.508 e. The smallest absolute Gasteiger partial charge is 0.434 e. The van der Waals surface area contributed by atoms with E-state index in [9.17, 15) is 28.8 Å². The second-order valence-electron chi connectivity index (χ2n) is 15.4. The molecular formula is C32H53N5O8. The highest BCUT2D eigenvalue weighted by Crippen LogP contribution is 2.65. The number of ketones is 1. The van der Waals surface area contributed by atoms with Crippen LogP contribution in [0.4, 0.5) is 9.59 Å². The molecule has 2 aliphatic carbocycles. The fraction of sp³-hybridized carbons (Fsp3) is 0.812. The summed E-state index contributed by atoms with van der Waals surface area (Å²) >= 11 is 0. The van der Waals surface area contributed by atoms with Crippen LogP contribution in [0.25, 0.3) is 0 Å². The lowest BCUT2D eigenvalue weighted by atomic mass is 9.85. The molecule has 6 atom stereocenters. The first kappa shape index (κ1) is 36.1. The minimum atomic E-state index is -1.11. The number of nitrogens with two attached hydrogens (primary N) is 1. The molecule has 1 aliphatic heterocycles. The fourth-order valence-electron chi connectivity index (χ4n) is 6.15. The zero-order valence-corrected chi connectivity index (χ0v) is 28.2. The number of Topliss-reactive ketones (excluding diaryl/α,β-unsaturated/α-hetero) is 1. The Hall–Kier alpha value is -3.38. The number of amides is 5. The minimum absolute atomic E-state index is 0.0679. The van der Waals surface area contributed by atoms with Crippen molar-refractivity contribution in [2.45, 2.75) is 106 Å². The second-order valence-corrected chi connectivity index (χ2v) is 15.4. The van der Waals surface area contributed by atoms with Crippen molar-refractivity contribution in [2.24, 2.45) is 46.2 Å². The molecule has 0 aromatic rings. The van der Waals surface area contributed by atoms with Gasteiger partial charge >= 0.3 is 12.2 Å². The van der Waals surface area contributed by atoms with E-state index in [0.717, 1.165) is 12.8 Å². The molecule has 254 valence electrons. The van der Waals surface area contributed by atoms with Gasteiger partial charge in [-0.15, -0.1) is 0 Å². The van der Waals surface area contributed by atoms with E-state index in [-0.39, 0.29) is 48.2 Å². The third kappa shape index (κ3) is 9.09. The number of likely N-dealkylation sites (tertiary alicyclic amines) is 1. The van der Waals surface area contributed by atoms with E-state index in [4.69, 9.17) is 15.2 Å². The van der Waals surface area contributed by atoms with Gasteiger partial charge in [-0.25, -0.2) is 9.59 Å². The minimum Gasteiger partial charge on any atom is -0.434 e. The lowest BCUT2D eigenvalue weighted by Gasteiger charge is -2.38. The molecule has 3 fully saturated rings. The Kier molecular flexibility index (Phi) is 11.2. The molecular weight excluding hydrogens is 582 g/mol. The van der Waals surface area contributed by atoms with Crippen LogP contribution in [0, 0.1) is 40.4 Å².